The van der Waals surface area contributed by atoms with Crippen molar-refractivity contribution in [2.24, 2.45) is 11.3 Å². The van der Waals surface area contributed by atoms with E-state index in [0.717, 1.165) is 47.0 Å². The van der Waals surface area contributed by atoms with E-state index in [1.165, 1.54) is 0 Å². The van der Waals surface area contributed by atoms with Crippen LogP contribution in [0.1, 0.15) is 54.4 Å². The average molecular weight is 475 g/mol. The third kappa shape index (κ3) is 4.81. The van der Waals surface area contributed by atoms with E-state index in [1.54, 1.807) is 0 Å². The quantitative estimate of drug-likeness (QED) is 0.545. The third-order valence-corrected chi connectivity index (χ3v) is 6.95. The highest BCUT2D eigenvalue weighted by atomic mass is 16.7. The zero-order chi connectivity index (χ0) is 24.6. The van der Waals surface area contributed by atoms with Gasteiger partial charge in [0.15, 0.2) is 18.1 Å². The Bertz CT molecular complexity index is 1290. The number of nitrogens with one attached hydrogen (secondary N) is 1. The number of fused-ring (bicyclic) bond motifs is 3. The molecule has 0 spiro atoms. The number of aryl methyl sites for hydroxylation is 1. The Morgan fingerprint density at radius 1 is 1.11 bits per heavy atom. The van der Waals surface area contributed by atoms with Crippen molar-refractivity contribution in [2.45, 2.75) is 46.6 Å². The first-order valence-electron chi connectivity index (χ1n) is 12.0. The molecule has 1 atom stereocenters. The topological polar surface area (TPSA) is 86.8 Å². The number of esters is 1. The number of benzene rings is 2. The number of aromatic nitrogens is 1. The molecule has 3 aromatic rings. The molecule has 0 saturated heterocycles. The summed E-state index contributed by atoms with van der Waals surface area (Å²) in [7, 11) is 0. The van der Waals surface area contributed by atoms with Crippen LogP contribution in [0.25, 0.3) is 10.9 Å². The summed E-state index contributed by atoms with van der Waals surface area (Å²) in [6.45, 7) is 6.86. The highest BCUT2D eigenvalue weighted by Crippen LogP contribution is 2.39. The van der Waals surface area contributed by atoms with E-state index in [9.17, 15) is 9.59 Å². The van der Waals surface area contributed by atoms with Gasteiger partial charge in [-0.2, -0.15) is 0 Å². The molecule has 1 aromatic heterocycles. The van der Waals surface area contributed by atoms with Gasteiger partial charge in [0.25, 0.3) is 5.91 Å². The minimum absolute atomic E-state index is 0.124. The summed E-state index contributed by atoms with van der Waals surface area (Å²) in [6.07, 6.45) is 2.65. The second-order valence-corrected chi connectivity index (χ2v) is 10.3. The Labute approximate surface area is 204 Å². The number of pyridine rings is 1. The predicted octanol–water partition coefficient (Wildman–Crippen LogP) is 4.59. The number of nitrogens with zero attached hydrogens (tertiary/aromatic N) is 1. The average Bonchev–Trinajstić information content (AvgIpc) is 3.31. The van der Waals surface area contributed by atoms with E-state index < -0.39 is 5.97 Å². The summed E-state index contributed by atoms with van der Waals surface area (Å²) >= 11 is 0. The largest absolute Gasteiger partial charge is 0.454 e. The maximum Gasteiger partial charge on any atom is 0.339 e. The van der Waals surface area contributed by atoms with Gasteiger partial charge in [-0.15, -0.1) is 0 Å². The molecular formula is C28H30N2O5. The summed E-state index contributed by atoms with van der Waals surface area (Å²) in [4.78, 5) is 30.7. The molecule has 1 unspecified atom stereocenters. The van der Waals surface area contributed by atoms with E-state index in [0.29, 0.717) is 29.5 Å². The van der Waals surface area contributed by atoms with E-state index in [2.05, 4.69) is 26.1 Å². The van der Waals surface area contributed by atoms with Gasteiger partial charge in [-0.1, -0.05) is 45.0 Å². The molecule has 1 aliphatic heterocycles. The number of para-hydroxylation sites is 1. The lowest BCUT2D eigenvalue weighted by atomic mass is 9.70. The molecule has 7 heteroatoms. The van der Waals surface area contributed by atoms with Crippen molar-refractivity contribution in [1.82, 2.24) is 10.3 Å². The molecule has 2 aromatic carbocycles. The van der Waals surface area contributed by atoms with Crippen molar-refractivity contribution >= 4 is 22.8 Å². The van der Waals surface area contributed by atoms with Crippen LogP contribution < -0.4 is 14.8 Å². The Morgan fingerprint density at radius 2 is 1.91 bits per heavy atom. The lowest BCUT2D eigenvalue weighted by Crippen LogP contribution is -2.30. The smallest absolute Gasteiger partial charge is 0.339 e. The van der Waals surface area contributed by atoms with Crippen LogP contribution in [0.3, 0.4) is 0 Å². The number of hydrogen-bond donors (Lipinski definition) is 1. The van der Waals surface area contributed by atoms with Crippen LogP contribution in [-0.2, 0) is 28.9 Å². The van der Waals surface area contributed by atoms with E-state index >= 15 is 0 Å². The monoisotopic (exact) mass is 474 g/mol. The first kappa shape index (κ1) is 23.1. The van der Waals surface area contributed by atoms with Gasteiger partial charge in [0.05, 0.1) is 11.1 Å². The fraction of sp³-hybridized carbons (Fsp3) is 0.393. The Hall–Kier alpha value is -3.61. The van der Waals surface area contributed by atoms with E-state index in [4.69, 9.17) is 19.2 Å². The molecular weight excluding hydrogens is 444 g/mol. The van der Waals surface area contributed by atoms with Gasteiger partial charge in [0.1, 0.15) is 0 Å². The number of amides is 1. The third-order valence-electron chi connectivity index (χ3n) is 6.95. The van der Waals surface area contributed by atoms with Crippen molar-refractivity contribution in [2.75, 3.05) is 13.4 Å². The van der Waals surface area contributed by atoms with Crippen molar-refractivity contribution in [1.29, 1.82) is 0 Å². The second-order valence-electron chi connectivity index (χ2n) is 10.3. The SMILES string of the molecule is CC(C)(C)C1CCc2nc3ccccc3c(C(=O)OCC(=O)NCc3ccc4c(c3)OCO4)c2C1. The standard InChI is InChI=1S/C28H30N2O5/c1-28(2,3)18-9-10-22-20(13-18)26(19-6-4-5-7-21(19)30-22)27(32)33-15-25(31)29-14-17-8-11-23-24(12-17)35-16-34-23/h4-8,11-12,18H,9-10,13-16H2,1-3H3,(H,29,31). The molecule has 182 valence electrons. The first-order chi connectivity index (χ1) is 16.8. The highest BCUT2D eigenvalue weighted by molar-refractivity contribution is 6.05. The van der Waals surface area contributed by atoms with Gasteiger partial charge in [-0.3, -0.25) is 9.78 Å². The predicted molar refractivity (Wildman–Crippen MR) is 131 cm³/mol. The van der Waals surface area contributed by atoms with Gasteiger partial charge >= 0.3 is 5.97 Å². The van der Waals surface area contributed by atoms with Crippen LogP contribution in [0.2, 0.25) is 0 Å². The van der Waals surface area contributed by atoms with Crippen LogP contribution in [0.4, 0.5) is 0 Å². The first-order valence-corrected chi connectivity index (χ1v) is 12.0. The molecule has 5 rings (SSSR count). The molecule has 1 aliphatic carbocycles. The summed E-state index contributed by atoms with van der Waals surface area (Å²) in [5, 5.41) is 3.57. The lowest BCUT2D eigenvalue weighted by molar-refractivity contribution is -0.124. The van der Waals surface area contributed by atoms with Gasteiger partial charge in [-0.25, -0.2) is 4.79 Å². The van der Waals surface area contributed by atoms with Crippen molar-refractivity contribution in [3.8, 4) is 11.5 Å². The normalized spacial score (nSPS) is 16.6. The van der Waals surface area contributed by atoms with Gasteiger partial charge in [-0.05, 0) is 59.9 Å². The molecule has 0 radical (unpaired) electrons. The molecule has 0 bridgehead atoms. The van der Waals surface area contributed by atoms with Gasteiger partial charge < -0.3 is 19.5 Å². The minimum Gasteiger partial charge on any atom is -0.454 e. The zero-order valence-corrected chi connectivity index (χ0v) is 20.3. The number of ether oxygens (including phenoxy) is 3. The van der Waals surface area contributed by atoms with Crippen molar-refractivity contribution in [3.05, 3.63) is 64.8 Å². The molecule has 35 heavy (non-hydrogen) atoms. The summed E-state index contributed by atoms with van der Waals surface area (Å²) in [6, 6.07) is 13.1. The maximum atomic E-state index is 13.3. The van der Waals surface area contributed by atoms with Crippen LogP contribution in [0.5, 0.6) is 11.5 Å². The lowest BCUT2D eigenvalue weighted by Gasteiger charge is -2.35. The number of hydrogen-bond acceptors (Lipinski definition) is 6. The minimum atomic E-state index is -0.479. The fourth-order valence-electron chi connectivity index (χ4n) is 4.87. The van der Waals surface area contributed by atoms with E-state index in [1.807, 2.05) is 42.5 Å². The van der Waals surface area contributed by atoms with Crippen molar-refractivity contribution < 1.29 is 23.8 Å². The van der Waals surface area contributed by atoms with Crippen molar-refractivity contribution in [3.63, 3.8) is 0 Å². The van der Waals surface area contributed by atoms with Gasteiger partial charge in [0, 0.05) is 17.6 Å². The molecule has 0 saturated carbocycles. The molecule has 7 nitrogen and oxygen atoms in total. The Kier molecular flexibility index (Phi) is 6.09. The molecule has 2 aliphatic rings. The van der Waals surface area contributed by atoms with Crippen LogP contribution in [-0.4, -0.2) is 30.3 Å². The number of carbonyl (C=O) groups is 2. The zero-order valence-electron chi connectivity index (χ0n) is 20.3. The van der Waals surface area contributed by atoms with E-state index in [-0.39, 0.29) is 24.7 Å². The van der Waals surface area contributed by atoms with Gasteiger partial charge in [0.2, 0.25) is 6.79 Å². The maximum absolute atomic E-state index is 13.3. The van der Waals surface area contributed by atoms with Crippen LogP contribution in [0, 0.1) is 11.3 Å². The Morgan fingerprint density at radius 3 is 2.74 bits per heavy atom. The molecule has 1 amide bonds. The molecule has 1 N–H and O–H groups in total. The van der Waals surface area contributed by atoms with Crippen LogP contribution in [0.15, 0.2) is 42.5 Å². The highest BCUT2D eigenvalue weighted by Gasteiger charge is 2.33. The summed E-state index contributed by atoms with van der Waals surface area (Å²) in [5.41, 5.74) is 4.24. The number of rotatable bonds is 5. The summed E-state index contributed by atoms with van der Waals surface area (Å²) in [5.74, 6) is 0.944. The second kappa shape index (κ2) is 9.21. The fourth-order valence-corrected chi connectivity index (χ4v) is 4.87. The molecule has 2 heterocycles. The Balaban J connectivity index is 1.30. The summed E-state index contributed by atoms with van der Waals surface area (Å²) < 4.78 is 16.2. The van der Waals surface area contributed by atoms with Crippen LogP contribution >= 0.6 is 0 Å². The molecule has 0 fully saturated rings. The number of carbonyl (C=O) groups excluding carboxylic acids is 2.